The fraction of sp³-hybridized carbons (Fsp3) is 0.600. The van der Waals surface area contributed by atoms with Crippen molar-refractivity contribution in [3.05, 3.63) is 35.5 Å². The van der Waals surface area contributed by atoms with Crippen molar-refractivity contribution in [2.75, 3.05) is 0 Å². The molecule has 1 saturated heterocycles. The normalized spacial score (nSPS) is 34.1. The van der Waals surface area contributed by atoms with Crippen LogP contribution < -0.4 is 0 Å². The van der Waals surface area contributed by atoms with Crippen LogP contribution in [-0.4, -0.2) is 11.7 Å². The quantitative estimate of drug-likeness (QED) is 0.600. The van der Waals surface area contributed by atoms with Crippen molar-refractivity contribution in [2.45, 2.75) is 58.2 Å². The van der Waals surface area contributed by atoms with Gasteiger partial charge in [0.1, 0.15) is 0 Å². The third-order valence-corrected chi connectivity index (χ3v) is 3.69. The number of ether oxygens (including phenoxy) is 1. The molecule has 0 bridgehead atoms. The average Bonchev–Trinajstić information content (AvgIpc) is 2.48. The molecular weight excluding hydrogens is 196 g/mol. The Morgan fingerprint density at radius 2 is 2.31 bits per heavy atom. The van der Waals surface area contributed by atoms with E-state index in [1.165, 1.54) is 16.7 Å². The minimum absolute atomic E-state index is 0.0455. The summed E-state index contributed by atoms with van der Waals surface area (Å²) in [6.07, 6.45) is 9.08. The van der Waals surface area contributed by atoms with Crippen LogP contribution in [0.3, 0.4) is 0 Å². The van der Waals surface area contributed by atoms with Gasteiger partial charge in [0.05, 0.1) is 11.7 Å². The van der Waals surface area contributed by atoms with Gasteiger partial charge in [0, 0.05) is 6.42 Å². The zero-order valence-electron chi connectivity index (χ0n) is 10.7. The Bertz CT molecular complexity index is 358. The van der Waals surface area contributed by atoms with Crippen molar-refractivity contribution in [3.8, 4) is 0 Å². The zero-order chi connectivity index (χ0) is 11.8. The summed E-state index contributed by atoms with van der Waals surface area (Å²) in [7, 11) is 0. The van der Waals surface area contributed by atoms with E-state index >= 15 is 0 Å². The summed E-state index contributed by atoms with van der Waals surface area (Å²) in [4.78, 5) is 0. The fourth-order valence-electron chi connectivity index (χ4n) is 2.68. The molecule has 1 aliphatic carbocycles. The van der Waals surface area contributed by atoms with Crippen molar-refractivity contribution in [1.82, 2.24) is 0 Å². The van der Waals surface area contributed by atoms with Crippen molar-refractivity contribution >= 4 is 0 Å². The molecule has 0 aromatic heterocycles. The second-order valence-corrected chi connectivity index (χ2v) is 5.46. The van der Waals surface area contributed by atoms with Crippen molar-refractivity contribution in [3.63, 3.8) is 0 Å². The van der Waals surface area contributed by atoms with Crippen LogP contribution in [0.15, 0.2) is 35.5 Å². The molecule has 88 valence electrons. The lowest BCUT2D eigenvalue weighted by molar-refractivity contribution is -0.0141. The van der Waals surface area contributed by atoms with Gasteiger partial charge >= 0.3 is 0 Å². The van der Waals surface area contributed by atoms with Crippen LogP contribution in [0.4, 0.5) is 0 Å². The zero-order valence-corrected chi connectivity index (χ0v) is 10.7. The van der Waals surface area contributed by atoms with Gasteiger partial charge in [-0.25, -0.2) is 0 Å². The van der Waals surface area contributed by atoms with Crippen molar-refractivity contribution in [2.24, 2.45) is 0 Å². The highest BCUT2D eigenvalue weighted by molar-refractivity contribution is 5.27. The van der Waals surface area contributed by atoms with E-state index < -0.39 is 0 Å². The Morgan fingerprint density at radius 1 is 1.56 bits per heavy atom. The highest BCUT2D eigenvalue weighted by atomic mass is 16.5. The van der Waals surface area contributed by atoms with Gasteiger partial charge in [0.25, 0.3) is 0 Å². The molecule has 16 heavy (non-hydrogen) atoms. The molecule has 1 spiro atoms. The van der Waals surface area contributed by atoms with Gasteiger partial charge in [-0.15, -0.1) is 0 Å². The van der Waals surface area contributed by atoms with E-state index in [4.69, 9.17) is 4.74 Å². The second kappa shape index (κ2) is 4.21. The predicted molar refractivity (Wildman–Crippen MR) is 68.4 cm³/mol. The summed E-state index contributed by atoms with van der Waals surface area (Å²) in [5.41, 5.74) is 4.07. The molecule has 1 fully saturated rings. The smallest absolute Gasteiger partial charge is 0.0935 e. The first-order valence-electron chi connectivity index (χ1n) is 6.18. The number of allylic oxidation sites excluding steroid dienone is 2. The van der Waals surface area contributed by atoms with Crippen LogP contribution in [-0.2, 0) is 4.74 Å². The van der Waals surface area contributed by atoms with Crippen LogP contribution in [0.25, 0.3) is 0 Å². The van der Waals surface area contributed by atoms with Crippen LogP contribution in [0, 0.1) is 0 Å². The maximum absolute atomic E-state index is 6.24. The monoisotopic (exact) mass is 218 g/mol. The third-order valence-electron chi connectivity index (χ3n) is 3.69. The average molecular weight is 218 g/mol. The summed E-state index contributed by atoms with van der Waals surface area (Å²) in [5, 5.41) is 0. The molecule has 2 atom stereocenters. The summed E-state index contributed by atoms with van der Waals surface area (Å²) >= 11 is 0. The molecule has 2 rings (SSSR count). The SMILES string of the molecule is C=C1CC(C=C(C)C)OC12CC=C(C)CC2. The topological polar surface area (TPSA) is 9.23 Å². The maximum Gasteiger partial charge on any atom is 0.0935 e. The molecule has 1 nitrogen and oxygen atoms in total. The van der Waals surface area contributed by atoms with E-state index in [1.807, 2.05) is 0 Å². The molecule has 0 radical (unpaired) electrons. The summed E-state index contributed by atoms with van der Waals surface area (Å²) in [5.74, 6) is 0. The highest BCUT2D eigenvalue weighted by Gasteiger charge is 2.42. The molecule has 1 aliphatic heterocycles. The molecule has 0 saturated carbocycles. The lowest BCUT2D eigenvalue weighted by Gasteiger charge is -2.33. The highest BCUT2D eigenvalue weighted by Crippen LogP contribution is 2.44. The molecule has 0 aromatic carbocycles. The largest absolute Gasteiger partial charge is 0.363 e. The van der Waals surface area contributed by atoms with Gasteiger partial charge in [-0.2, -0.15) is 0 Å². The van der Waals surface area contributed by atoms with Gasteiger partial charge in [0.15, 0.2) is 0 Å². The first-order chi connectivity index (χ1) is 7.52. The van der Waals surface area contributed by atoms with E-state index in [0.29, 0.717) is 0 Å². The van der Waals surface area contributed by atoms with Crippen LogP contribution in [0.2, 0.25) is 0 Å². The number of rotatable bonds is 1. The van der Waals surface area contributed by atoms with E-state index in [2.05, 4.69) is 39.5 Å². The standard InChI is InChI=1S/C15H22O/c1-11(2)9-14-10-13(4)15(16-14)7-5-12(3)6-8-15/h5,9,14H,4,6-8,10H2,1-3H3. The lowest BCUT2D eigenvalue weighted by atomic mass is 9.81. The van der Waals surface area contributed by atoms with E-state index in [0.717, 1.165) is 25.7 Å². The van der Waals surface area contributed by atoms with Gasteiger partial charge in [0.2, 0.25) is 0 Å². The lowest BCUT2D eigenvalue weighted by Crippen LogP contribution is -2.32. The maximum atomic E-state index is 6.24. The number of hydrogen-bond acceptors (Lipinski definition) is 1. The summed E-state index contributed by atoms with van der Waals surface area (Å²) in [6, 6.07) is 0. The molecule has 0 aromatic rings. The first-order valence-corrected chi connectivity index (χ1v) is 6.18. The van der Waals surface area contributed by atoms with E-state index in [9.17, 15) is 0 Å². The van der Waals surface area contributed by atoms with E-state index in [-0.39, 0.29) is 11.7 Å². The third kappa shape index (κ3) is 2.15. The Hall–Kier alpha value is -0.820. The van der Waals surface area contributed by atoms with Crippen LogP contribution in [0.1, 0.15) is 46.5 Å². The van der Waals surface area contributed by atoms with Crippen LogP contribution in [0.5, 0.6) is 0 Å². The Morgan fingerprint density at radius 3 is 2.88 bits per heavy atom. The minimum Gasteiger partial charge on any atom is -0.363 e. The Balaban J connectivity index is 2.13. The minimum atomic E-state index is -0.0455. The van der Waals surface area contributed by atoms with Gasteiger partial charge < -0.3 is 4.74 Å². The molecule has 0 N–H and O–H groups in total. The first kappa shape index (κ1) is 11.7. The number of hydrogen-bond donors (Lipinski definition) is 0. The van der Waals surface area contributed by atoms with Gasteiger partial charge in [-0.1, -0.05) is 29.9 Å². The molecule has 0 amide bonds. The van der Waals surface area contributed by atoms with Crippen molar-refractivity contribution < 1.29 is 4.74 Å². The van der Waals surface area contributed by atoms with Crippen molar-refractivity contribution in [1.29, 1.82) is 0 Å². The molecule has 1 heterocycles. The molecule has 1 heteroatoms. The summed E-state index contributed by atoms with van der Waals surface area (Å²) in [6.45, 7) is 10.7. The van der Waals surface area contributed by atoms with E-state index in [1.54, 1.807) is 0 Å². The Kier molecular flexibility index (Phi) is 3.07. The Labute approximate surface area is 98.9 Å². The second-order valence-electron chi connectivity index (χ2n) is 5.46. The van der Waals surface area contributed by atoms with Gasteiger partial charge in [-0.3, -0.25) is 0 Å². The van der Waals surface area contributed by atoms with Gasteiger partial charge in [-0.05, 0) is 45.6 Å². The molecular formula is C15H22O. The molecule has 2 aliphatic rings. The van der Waals surface area contributed by atoms with Crippen LogP contribution >= 0.6 is 0 Å². The molecule has 2 unspecified atom stereocenters. The predicted octanol–water partition coefficient (Wildman–Crippen LogP) is 4.17. The summed E-state index contributed by atoms with van der Waals surface area (Å²) < 4.78 is 6.24. The fourth-order valence-corrected chi connectivity index (χ4v) is 2.68.